The highest BCUT2D eigenvalue weighted by Gasteiger charge is 2.29. The number of fused-ring (bicyclic) bond motifs is 2. The molecular formula is C22H23N5O2. The van der Waals surface area contributed by atoms with Gasteiger partial charge in [0.2, 0.25) is 11.8 Å². The minimum absolute atomic E-state index is 0.0783. The van der Waals surface area contributed by atoms with Gasteiger partial charge in [0.15, 0.2) is 0 Å². The molecule has 7 heteroatoms. The van der Waals surface area contributed by atoms with E-state index in [0.717, 1.165) is 27.7 Å². The van der Waals surface area contributed by atoms with Gasteiger partial charge in [0.05, 0.1) is 16.6 Å². The van der Waals surface area contributed by atoms with Crippen LogP contribution in [0.3, 0.4) is 0 Å². The van der Waals surface area contributed by atoms with Gasteiger partial charge >= 0.3 is 0 Å². The van der Waals surface area contributed by atoms with E-state index >= 15 is 0 Å². The van der Waals surface area contributed by atoms with Gasteiger partial charge in [-0.05, 0) is 30.5 Å². The van der Waals surface area contributed by atoms with Crippen LogP contribution in [0.25, 0.3) is 33.1 Å². The number of nitrogens with one attached hydrogen (secondary N) is 1. The molecule has 1 aliphatic rings. The van der Waals surface area contributed by atoms with Crippen LogP contribution in [0.2, 0.25) is 0 Å². The van der Waals surface area contributed by atoms with Crippen molar-refractivity contribution in [2.75, 3.05) is 6.54 Å². The van der Waals surface area contributed by atoms with Crippen molar-refractivity contribution in [2.45, 2.75) is 19.4 Å². The summed E-state index contributed by atoms with van der Waals surface area (Å²) in [6.45, 7) is 2.64. The van der Waals surface area contributed by atoms with Crippen LogP contribution in [-0.2, 0) is 18.9 Å². The first-order valence-corrected chi connectivity index (χ1v) is 9.81. The predicted octanol–water partition coefficient (Wildman–Crippen LogP) is 3.03. The summed E-state index contributed by atoms with van der Waals surface area (Å²) in [5.74, 6) is 0.776. The summed E-state index contributed by atoms with van der Waals surface area (Å²) < 4.78 is 10.1. The molecule has 1 N–H and O–H groups in total. The number of benzene rings is 1. The molecule has 2 atom stereocenters. The summed E-state index contributed by atoms with van der Waals surface area (Å²) >= 11 is 0. The Hall–Kier alpha value is -3.35. The zero-order valence-electron chi connectivity index (χ0n) is 16.7. The van der Waals surface area contributed by atoms with Crippen LogP contribution in [0.15, 0.2) is 42.7 Å². The molecule has 0 radical (unpaired) electrons. The van der Waals surface area contributed by atoms with Crippen LogP contribution in [0.4, 0.5) is 0 Å². The number of aryl methyl sites for hydroxylation is 2. The second-order valence-electron chi connectivity index (χ2n) is 7.84. The molecule has 0 unspecified atom stereocenters. The van der Waals surface area contributed by atoms with E-state index in [0.29, 0.717) is 18.8 Å². The number of aromatic nitrogens is 4. The Morgan fingerprint density at radius 1 is 1.24 bits per heavy atom. The monoisotopic (exact) mass is 389 g/mol. The van der Waals surface area contributed by atoms with E-state index in [-0.39, 0.29) is 17.9 Å². The molecule has 4 aromatic rings. The molecule has 1 aromatic carbocycles. The van der Waals surface area contributed by atoms with Crippen LogP contribution in [-0.4, -0.2) is 37.9 Å². The number of hydrogen-bond acceptors (Lipinski definition) is 4. The fourth-order valence-electron chi connectivity index (χ4n) is 4.00. The van der Waals surface area contributed by atoms with E-state index in [1.54, 1.807) is 4.68 Å². The summed E-state index contributed by atoms with van der Waals surface area (Å²) in [6, 6.07) is 10.4. The number of hydrogen-bond donors (Lipinski definition) is 1. The summed E-state index contributed by atoms with van der Waals surface area (Å²) in [6.07, 6.45) is 4.33. The Bertz CT molecular complexity index is 1240. The Kier molecular flexibility index (Phi) is 4.04. The van der Waals surface area contributed by atoms with Crippen molar-refractivity contribution in [3.63, 3.8) is 0 Å². The minimum Gasteiger partial charge on any atom is -0.474 e. The molecule has 4 heterocycles. The van der Waals surface area contributed by atoms with Gasteiger partial charge in [-0.1, -0.05) is 12.1 Å². The molecule has 7 nitrogen and oxygen atoms in total. The highest BCUT2D eigenvalue weighted by molar-refractivity contribution is 5.89. The minimum atomic E-state index is -0.129. The first kappa shape index (κ1) is 17.7. The quantitative estimate of drug-likeness (QED) is 0.582. The van der Waals surface area contributed by atoms with Gasteiger partial charge in [0.25, 0.3) is 0 Å². The van der Waals surface area contributed by atoms with Crippen molar-refractivity contribution in [3.8, 4) is 17.1 Å². The first-order chi connectivity index (χ1) is 14.0. The maximum atomic E-state index is 11.6. The zero-order chi connectivity index (χ0) is 20.1. The highest BCUT2D eigenvalue weighted by Crippen LogP contribution is 2.32. The molecule has 0 saturated carbocycles. The average molecular weight is 389 g/mol. The summed E-state index contributed by atoms with van der Waals surface area (Å²) in [7, 11) is 3.93. The number of rotatable bonds is 4. The van der Waals surface area contributed by atoms with Crippen LogP contribution in [0.1, 0.15) is 13.3 Å². The number of amides is 1. The van der Waals surface area contributed by atoms with Crippen LogP contribution in [0.5, 0.6) is 5.88 Å². The Morgan fingerprint density at radius 2 is 2.10 bits per heavy atom. The third-order valence-electron chi connectivity index (χ3n) is 5.74. The lowest BCUT2D eigenvalue weighted by molar-refractivity contribution is -0.119. The fraction of sp³-hybridized carbons (Fsp3) is 0.318. The third-order valence-corrected chi connectivity index (χ3v) is 5.74. The topological polar surface area (TPSA) is 74.0 Å². The van der Waals surface area contributed by atoms with Gasteiger partial charge in [0, 0.05) is 56.5 Å². The van der Waals surface area contributed by atoms with E-state index in [1.807, 2.05) is 33.3 Å². The number of nitrogens with zero attached hydrogens (tertiary/aromatic N) is 4. The maximum Gasteiger partial charge on any atom is 0.225 e. The summed E-state index contributed by atoms with van der Waals surface area (Å²) in [5.41, 5.74) is 3.83. The second kappa shape index (κ2) is 6.62. The molecule has 0 aliphatic carbocycles. The Balaban J connectivity index is 1.57. The molecular weight excluding hydrogens is 366 g/mol. The molecule has 29 heavy (non-hydrogen) atoms. The van der Waals surface area contributed by atoms with Gasteiger partial charge < -0.3 is 14.6 Å². The SMILES string of the molecule is C[C@@H](Oc1nc(-c2ccc3ccn(C)c3c2)cc2nn(C)cc12)[C@H]1CNC(=O)C1. The smallest absolute Gasteiger partial charge is 0.225 e. The van der Waals surface area contributed by atoms with Gasteiger partial charge in [0.1, 0.15) is 6.10 Å². The maximum absolute atomic E-state index is 11.6. The van der Waals surface area contributed by atoms with Crippen molar-refractivity contribution in [3.05, 3.63) is 42.7 Å². The standard InChI is InChI=1S/C22H23N5O2/c1-13(16-9-21(28)23-11-16)29-22-17-12-27(3)25-19(17)10-18(24-22)15-5-4-14-6-7-26(2)20(14)8-15/h4-8,10,12-13,16H,9,11H2,1-3H3,(H,23,28)/t13-,16-/m1/s1. The largest absolute Gasteiger partial charge is 0.474 e. The number of carbonyl (C=O) groups is 1. The normalized spacial score (nSPS) is 17.8. The fourth-order valence-corrected chi connectivity index (χ4v) is 4.00. The van der Waals surface area contributed by atoms with Gasteiger partial charge in [-0.2, -0.15) is 5.10 Å². The van der Waals surface area contributed by atoms with E-state index < -0.39 is 0 Å². The van der Waals surface area contributed by atoms with Crippen molar-refractivity contribution in [1.82, 2.24) is 24.6 Å². The van der Waals surface area contributed by atoms with Gasteiger partial charge in [-0.3, -0.25) is 9.48 Å². The van der Waals surface area contributed by atoms with Crippen molar-refractivity contribution in [1.29, 1.82) is 0 Å². The second-order valence-corrected chi connectivity index (χ2v) is 7.84. The Morgan fingerprint density at radius 3 is 2.90 bits per heavy atom. The lowest BCUT2D eigenvalue weighted by atomic mass is 10.0. The molecule has 1 aliphatic heterocycles. The van der Waals surface area contributed by atoms with Crippen molar-refractivity contribution in [2.24, 2.45) is 20.0 Å². The number of ether oxygens (including phenoxy) is 1. The summed E-state index contributed by atoms with van der Waals surface area (Å²) in [5, 5.41) is 9.52. The summed E-state index contributed by atoms with van der Waals surface area (Å²) in [4.78, 5) is 16.4. The van der Waals surface area contributed by atoms with E-state index in [2.05, 4.69) is 45.4 Å². The van der Waals surface area contributed by atoms with E-state index in [1.165, 1.54) is 5.39 Å². The van der Waals surface area contributed by atoms with Crippen molar-refractivity contribution < 1.29 is 9.53 Å². The molecule has 1 fully saturated rings. The van der Waals surface area contributed by atoms with Crippen LogP contribution in [0, 0.1) is 5.92 Å². The van der Waals surface area contributed by atoms with Crippen LogP contribution >= 0.6 is 0 Å². The molecule has 5 rings (SSSR count). The molecule has 3 aromatic heterocycles. The average Bonchev–Trinajstić information content (AvgIpc) is 3.40. The number of pyridine rings is 1. The lowest BCUT2D eigenvalue weighted by Gasteiger charge is -2.19. The molecule has 0 bridgehead atoms. The zero-order valence-corrected chi connectivity index (χ0v) is 16.7. The van der Waals surface area contributed by atoms with E-state index in [9.17, 15) is 4.79 Å². The molecule has 1 amide bonds. The lowest BCUT2D eigenvalue weighted by Crippen LogP contribution is -2.26. The third kappa shape index (κ3) is 3.12. The molecule has 148 valence electrons. The Labute approximate surface area is 168 Å². The molecule has 0 spiro atoms. The number of carbonyl (C=O) groups excluding carboxylic acids is 1. The van der Waals surface area contributed by atoms with Crippen molar-refractivity contribution >= 4 is 27.7 Å². The van der Waals surface area contributed by atoms with Gasteiger partial charge in [-0.25, -0.2) is 4.98 Å². The first-order valence-electron chi connectivity index (χ1n) is 9.81. The van der Waals surface area contributed by atoms with Crippen LogP contribution < -0.4 is 10.1 Å². The van der Waals surface area contributed by atoms with Gasteiger partial charge in [-0.15, -0.1) is 0 Å². The van der Waals surface area contributed by atoms with E-state index in [4.69, 9.17) is 9.72 Å². The molecule has 1 saturated heterocycles. The highest BCUT2D eigenvalue weighted by atomic mass is 16.5. The predicted molar refractivity (Wildman–Crippen MR) is 112 cm³/mol.